The lowest BCUT2D eigenvalue weighted by atomic mass is 9.96. The summed E-state index contributed by atoms with van der Waals surface area (Å²) in [6.07, 6.45) is -1.79. The summed E-state index contributed by atoms with van der Waals surface area (Å²) in [5.41, 5.74) is 21.6. The van der Waals surface area contributed by atoms with Gasteiger partial charge in [-0.3, -0.25) is 72.3 Å². The van der Waals surface area contributed by atoms with Gasteiger partial charge in [-0.2, -0.15) is 12.6 Å². The fraction of sp³-hybridized carbons (Fsp3) is 0.608. The lowest BCUT2D eigenvalue weighted by Crippen LogP contribution is -2.62. The highest BCUT2D eigenvalue weighted by molar-refractivity contribution is 7.80. The number of likely N-dealkylation sites (tertiary alicyclic amines) is 1. The first-order valence-electron chi connectivity index (χ1n) is 27.9. The van der Waals surface area contributed by atoms with Gasteiger partial charge in [-0.25, -0.2) is 9.36 Å². The highest BCUT2D eigenvalue weighted by Crippen LogP contribution is 2.37. The lowest BCUT2D eigenvalue weighted by molar-refractivity contribution is -0.143. The van der Waals surface area contributed by atoms with Crippen molar-refractivity contribution in [1.29, 1.82) is 0 Å². The van der Waals surface area contributed by atoms with Gasteiger partial charge in [0.2, 0.25) is 65.0 Å². The average molecular weight is 1300 g/mol. The summed E-state index contributed by atoms with van der Waals surface area (Å²) in [4.78, 5) is 196. The molecule has 0 saturated carbocycles. The maximum Gasteiger partial charge on any atom is 0.524 e. The predicted molar refractivity (Wildman–Crippen MR) is 315 cm³/mol. The van der Waals surface area contributed by atoms with Gasteiger partial charge in [0.1, 0.15) is 66.2 Å². The summed E-state index contributed by atoms with van der Waals surface area (Å²) in [7, 11) is -5.04. The van der Waals surface area contributed by atoms with Crippen LogP contribution in [0.5, 0.6) is 5.75 Å². The molecule has 11 atom stereocenters. The molecule has 498 valence electrons. The molecule has 0 unspecified atom stereocenters. The minimum Gasteiger partial charge on any atom is -0.481 e. The molecule has 1 aliphatic heterocycles. The van der Waals surface area contributed by atoms with Gasteiger partial charge in [-0.15, -0.1) is 0 Å². The van der Waals surface area contributed by atoms with Crippen LogP contribution in [0.4, 0.5) is 0 Å². The molecule has 0 aliphatic carbocycles. The third kappa shape index (κ3) is 26.6. The Morgan fingerprint density at radius 3 is 1.71 bits per heavy atom. The molecule has 1 aromatic rings. The van der Waals surface area contributed by atoms with E-state index in [1.807, 2.05) is 0 Å². The number of thiol groups is 1. The van der Waals surface area contributed by atoms with E-state index in [1.54, 1.807) is 6.92 Å². The second-order valence-electron chi connectivity index (χ2n) is 20.9. The van der Waals surface area contributed by atoms with Gasteiger partial charge in [0.05, 0.1) is 26.2 Å². The van der Waals surface area contributed by atoms with Crippen LogP contribution < -0.4 is 75.3 Å². The Morgan fingerprint density at radius 1 is 0.685 bits per heavy atom. The Balaban J connectivity index is 2.43. The first-order valence-corrected chi connectivity index (χ1v) is 30.0. The lowest BCUT2D eigenvalue weighted by Gasteiger charge is -2.30. The summed E-state index contributed by atoms with van der Waals surface area (Å²) in [6.45, 7) is 3.33. The molecule has 0 radical (unpaired) electrons. The van der Waals surface area contributed by atoms with E-state index in [4.69, 9.17) is 22.9 Å². The van der Waals surface area contributed by atoms with Crippen LogP contribution in [0.25, 0.3) is 0 Å². The van der Waals surface area contributed by atoms with Crippen molar-refractivity contribution in [2.45, 2.75) is 146 Å². The number of guanidine groups is 1. The predicted octanol–water partition coefficient (Wildman–Crippen LogP) is -7.49. The summed E-state index contributed by atoms with van der Waals surface area (Å²) in [5, 5.41) is 60.5. The third-order valence-corrected chi connectivity index (χ3v) is 14.4. The van der Waals surface area contributed by atoms with Gasteiger partial charge in [0.25, 0.3) is 0 Å². The third-order valence-electron chi connectivity index (χ3n) is 13.6. The molecule has 89 heavy (non-hydrogen) atoms. The van der Waals surface area contributed by atoms with E-state index in [-0.39, 0.29) is 68.9 Å². The number of nitrogens with one attached hydrogen (secondary N) is 9. The number of hydrogen-bond acceptors (Lipinski definition) is 20. The second-order valence-corrected chi connectivity index (χ2v) is 22.4. The van der Waals surface area contributed by atoms with Gasteiger partial charge in [-0.05, 0) is 61.6 Å². The van der Waals surface area contributed by atoms with Crippen LogP contribution in [0.3, 0.4) is 0 Å². The molecule has 36 nitrogen and oxygen atoms in total. The monoisotopic (exact) mass is 1300 g/mol. The fourth-order valence-corrected chi connectivity index (χ4v) is 9.31. The summed E-state index contributed by atoms with van der Waals surface area (Å²) in [5.74, 6) is -16.8. The van der Waals surface area contributed by atoms with Crippen LogP contribution in [0.15, 0.2) is 29.3 Å². The number of benzene rings is 1. The Hall–Kier alpha value is -8.22. The van der Waals surface area contributed by atoms with E-state index in [0.717, 1.165) is 17.0 Å². The quantitative estimate of drug-likeness (QED) is 0.00957. The van der Waals surface area contributed by atoms with E-state index in [0.29, 0.717) is 0 Å². The number of nitrogens with two attached hydrogens (primary N) is 4. The van der Waals surface area contributed by atoms with Crippen molar-refractivity contribution in [3.8, 4) is 5.75 Å². The van der Waals surface area contributed by atoms with Gasteiger partial charge in [0.15, 0.2) is 5.96 Å². The number of carboxylic acid groups (broad SMARTS) is 2. The summed E-state index contributed by atoms with van der Waals surface area (Å²) in [6, 6.07) is -11.3. The number of rotatable bonds is 39. The SMILES string of the molecule is CC[C@H](C)[C@H](NC(=O)[C@H](Cc1ccc(OP(=O)(O)O)cc1)NC(=O)[C@H](CO)NC(=O)[C@@H](NC(=O)[C@H](CC(N)=O)NC(=O)[C@@H]1CCCN1C(=O)[C@H](CCC(=O)O)NC(=O)CN)C(C)C)C(=O)N[C@@H](CS)C(=O)N[C@@H](CO)C(=O)N[C@@H](CCCN=C(N)N)C(=O)O. The number of aliphatic carboxylic acids is 2. The number of aliphatic hydroxyl groups excluding tert-OH is 2. The molecule has 1 saturated heterocycles. The van der Waals surface area contributed by atoms with Crippen molar-refractivity contribution in [2.24, 2.45) is 39.8 Å². The number of hydrogen-bond donors (Lipinski definition) is 20. The molecule has 1 aliphatic rings. The molecule has 0 spiro atoms. The largest absolute Gasteiger partial charge is 0.524 e. The Kier molecular flexibility index (Phi) is 32.5. The van der Waals surface area contributed by atoms with Crippen molar-refractivity contribution in [3.05, 3.63) is 29.8 Å². The van der Waals surface area contributed by atoms with Crippen molar-refractivity contribution in [2.75, 3.05) is 38.6 Å². The molecule has 11 amide bonds. The molecular weight excluding hydrogens is 1220 g/mol. The van der Waals surface area contributed by atoms with Crippen LogP contribution in [0.2, 0.25) is 0 Å². The second kappa shape index (κ2) is 37.6. The number of aliphatic hydroxyl groups is 2. The van der Waals surface area contributed by atoms with Crippen molar-refractivity contribution in [3.63, 3.8) is 0 Å². The topological polar surface area (TPSA) is 598 Å². The maximum absolute atomic E-state index is 14.4. The molecular formula is C51H82N15O21PS. The van der Waals surface area contributed by atoms with Gasteiger partial charge in [-0.1, -0.05) is 46.2 Å². The number of carboxylic acids is 2. The highest BCUT2D eigenvalue weighted by atomic mass is 32.1. The van der Waals surface area contributed by atoms with E-state index in [2.05, 4.69) is 70.0 Å². The van der Waals surface area contributed by atoms with Crippen LogP contribution in [0, 0.1) is 11.8 Å². The van der Waals surface area contributed by atoms with E-state index in [9.17, 15) is 97.1 Å². The number of carbonyl (C=O) groups is 13. The molecule has 38 heteroatoms. The first-order chi connectivity index (χ1) is 41.7. The van der Waals surface area contributed by atoms with Crippen molar-refractivity contribution >= 4 is 103 Å². The summed E-state index contributed by atoms with van der Waals surface area (Å²) < 4.78 is 16.1. The zero-order chi connectivity index (χ0) is 67.5. The van der Waals surface area contributed by atoms with Crippen molar-refractivity contribution < 1.29 is 102 Å². The van der Waals surface area contributed by atoms with Crippen molar-refractivity contribution in [1.82, 2.24) is 52.8 Å². The number of nitrogens with zero attached hydrogens (tertiary/aromatic N) is 2. The average Bonchev–Trinajstić information content (AvgIpc) is 2.27. The molecule has 1 fully saturated rings. The molecule has 0 bridgehead atoms. The standard InChI is InChI=1S/C51H82N15O21PS/c1-5-25(4)40(48(80)63-34(23-89)45(77)61-32(21-67)43(75)58-29(50(82)83)8-6-16-56-51(54)55)65-41(73)30(18-26-10-12-27(13-11-26)87-88(84,85)86)59-44(76)33(22-68)62-47(79)39(24(2)3)64-42(74)31(19-36(53)69)60-46(78)35-9-7-17-66(35)49(81)28(14-15-38(71)72)57-37(70)20-52/h10-13,24-25,28-35,39-40,67-68,89H,5-9,14-23,52H2,1-4H3,(H2,53,69)(H,57,70)(H,58,75)(H,59,76)(H,60,78)(H,61,77)(H,62,79)(H,63,80)(H,64,74)(H,65,73)(H,71,72)(H,82,83)(H4,54,55,56)(H2,84,85,86)/t25-,28-,29-,30-,31-,32-,33-,34-,35-,39-,40-/m0/s1. The number of phosphoric acid groups is 1. The summed E-state index contributed by atoms with van der Waals surface area (Å²) >= 11 is 4.15. The minimum absolute atomic E-state index is 0.0263. The first kappa shape index (κ1) is 76.9. The Morgan fingerprint density at radius 2 is 1.20 bits per heavy atom. The fourth-order valence-electron chi connectivity index (χ4n) is 8.66. The molecule has 1 heterocycles. The van der Waals surface area contributed by atoms with Gasteiger partial charge >= 0.3 is 19.8 Å². The zero-order valence-electron chi connectivity index (χ0n) is 49.2. The maximum atomic E-state index is 14.4. The van der Waals surface area contributed by atoms with Gasteiger partial charge < -0.3 is 101 Å². The van der Waals surface area contributed by atoms with E-state index < -0.39 is 202 Å². The number of carbonyl (C=O) groups excluding carboxylic acids is 11. The highest BCUT2D eigenvalue weighted by Gasteiger charge is 2.41. The Bertz CT molecular complexity index is 2760. The smallest absolute Gasteiger partial charge is 0.481 e. The number of primary amides is 1. The number of aliphatic imine (C=N–C) groups is 1. The van der Waals surface area contributed by atoms with E-state index >= 15 is 0 Å². The number of phosphoric ester groups is 1. The molecule has 0 aromatic heterocycles. The Labute approximate surface area is 515 Å². The molecule has 1 aromatic carbocycles. The van der Waals surface area contributed by atoms with Gasteiger partial charge in [0, 0.05) is 31.7 Å². The normalized spacial score (nSPS) is 16.3. The molecule has 23 N–H and O–H groups in total. The number of amides is 11. The van der Waals surface area contributed by atoms with Crippen LogP contribution in [-0.4, -0.2) is 217 Å². The van der Waals surface area contributed by atoms with Crippen LogP contribution in [0.1, 0.15) is 84.6 Å². The van der Waals surface area contributed by atoms with Crippen LogP contribution in [-0.2, 0) is 73.3 Å². The van der Waals surface area contributed by atoms with Crippen LogP contribution >= 0.6 is 20.5 Å². The molecule has 2 rings (SSSR count). The zero-order valence-corrected chi connectivity index (χ0v) is 51.0. The minimum atomic E-state index is -5.04. The van der Waals surface area contributed by atoms with E-state index in [1.165, 1.54) is 32.9 Å².